The summed E-state index contributed by atoms with van der Waals surface area (Å²) in [6.45, 7) is 0. The van der Waals surface area contributed by atoms with Gasteiger partial charge in [0, 0.05) is 110 Å². The average molecular weight is 1560 g/mol. The zero-order valence-corrected chi connectivity index (χ0v) is 63.9. The fourth-order valence-electron chi connectivity index (χ4n) is 16.0. The number of para-hydroxylation sites is 5. The van der Waals surface area contributed by atoms with E-state index >= 15 is 0 Å². The largest absolute Gasteiger partial charge is 0.488 e. The van der Waals surface area contributed by atoms with E-state index in [1.54, 1.807) is 6.07 Å². The summed E-state index contributed by atoms with van der Waals surface area (Å²) >= 11 is 3.67. The standard InChI is InChI=1S/C50H32N6.C33H21BrN4.C18H14BNO2/c1-4-14-33(15-5-1)47-52-48(34-16-6-2-7-17-34)54-49(53-47)37-18-12-21-39(30-37)56-46-32-36(25-27-41(46)42-23-13-29-51-50(42)56)35-26-28-45-43(31-35)40-22-10-11-24-44(40)55(45)38-19-8-3-9-20-38;34-25-18-19-28-27-16-7-8-17-29(27)38(30(28)21-25)26-15-9-14-24(20-26)33-36-31(22-10-3-1-4-11-22)35-32(37-33)23-12-5-2-6-13-23;21-19(22)13-10-11-18-16(12-13)15-8-4-5-9-17(15)20(18)14-6-2-1-3-7-14/h1-32H;1-21H;1-12,21-22H. The highest BCUT2D eigenvalue weighted by atomic mass is 79.9. The Bertz CT molecular complexity index is 7330. The van der Waals surface area contributed by atoms with Crippen LogP contribution in [0.15, 0.2) is 399 Å². The lowest BCUT2D eigenvalue weighted by Gasteiger charge is -2.12. The molecule has 0 saturated carbocycles. The fourth-order valence-corrected chi connectivity index (χ4v) is 16.3. The molecule has 0 aliphatic carbocycles. The van der Waals surface area contributed by atoms with E-state index in [1.807, 2.05) is 176 Å². The van der Waals surface area contributed by atoms with Gasteiger partial charge in [-0.05, 0) is 132 Å². The normalized spacial score (nSPS) is 11.4. The van der Waals surface area contributed by atoms with Gasteiger partial charge in [0.25, 0.3) is 0 Å². The Morgan fingerprint density at radius 1 is 0.216 bits per heavy atom. The van der Waals surface area contributed by atoms with Crippen LogP contribution in [0.3, 0.4) is 0 Å². The number of hydrogen-bond donors (Lipinski definition) is 2. The first kappa shape index (κ1) is 70.3. The molecule has 0 unspecified atom stereocenters. The van der Waals surface area contributed by atoms with Crippen molar-refractivity contribution in [1.29, 1.82) is 0 Å². The highest BCUT2D eigenvalue weighted by molar-refractivity contribution is 9.10. The van der Waals surface area contributed by atoms with Gasteiger partial charge in [-0.25, -0.2) is 34.9 Å². The Labute approximate surface area is 675 Å². The molecule has 15 heteroatoms. The number of pyridine rings is 1. The van der Waals surface area contributed by atoms with E-state index in [2.05, 4.69) is 247 Å². The van der Waals surface area contributed by atoms with Gasteiger partial charge in [0.15, 0.2) is 34.9 Å². The highest BCUT2D eigenvalue weighted by Crippen LogP contribution is 2.41. The van der Waals surface area contributed by atoms with E-state index in [-0.39, 0.29) is 0 Å². The minimum absolute atomic E-state index is 0.503. The summed E-state index contributed by atoms with van der Waals surface area (Å²) in [4.78, 5) is 34.6. The van der Waals surface area contributed by atoms with E-state index in [9.17, 15) is 10.0 Å². The summed E-state index contributed by atoms with van der Waals surface area (Å²) in [6.07, 6.45) is 1.86. The van der Waals surface area contributed by atoms with Gasteiger partial charge in [-0.1, -0.05) is 289 Å². The zero-order valence-electron chi connectivity index (χ0n) is 62.3. The van der Waals surface area contributed by atoms with Crippen LogP contribution in [0.4, 0.5) is 0 Å². The molecule has 2 N–H and O–H groups in total. The van der Waals surface area contributed by atoms with Crippen LogP contribution in [0, 0.1) is 0 Å². The molecule has 22 rings (SSSR count). The van der Waals surface area contributed by atoms with Crippen molar-refractivity contribution in [3.05, 3.63) is 399 Å². The molecule has 15 aromatic carbocycles. The second-order valence-corrected chi connectivity index (χ2v) is 29.3. The van der Waals surface area contributed by atoms with Crippen LogP contribution in [0.1, 0.15) is 0 Å². The first-order valence-electron chi connectivity index (χ1n) is 38.3. The maximum absolute atomic E-state index is 9.43. The van der Waals surface area contributed by atoms with Crippen molar-refractivity contribution >= 4 is 116 Å². The molecule has 548 valence electrons. The second kappa shape index (κ2) is 30.3. The third kappa shape index (κ3) is 13.2. The lowest BCUT2D eigenvalue weighted by atomic mass is 9.80. The summed E-state index contributed by atoms with van der Waals surface area (Å²) in [7, 11) is -1.46. The number of rotatable bonds is 12. The van der Waals surface area contributed by atoms with Gasteiger partial charge < -0.3 is 23.7 Å². The number of benzene rings is 15. The van der Waals surface area contributed by atoms with Gasteiger partial charge in [-0.2, -0.15) is 0 Å². The van der Waals surface area contributed by atoms with Gasteiger partial charge in [0.2, 0.25) is 0 Å². The Hall–Kier alpha value is -14.9. The van der Waals surface area contributed by atoms with Crippen molar-refractivity contribution in [2.75, 3.05) is 0 Å². The summed E-state index contributed by atoms with van der Waals surface area (Å²) in [5, 5.41) is 28.1. The third-order valence-electron chi connectivity index (χ3n) is 21.3. The molecule has 0 aliphatic rings. The lowest BCUT2D eigenvalue weighted by molar-refractivity contribution is 0.426. The van der Waals surface area contributed by atoms with Crippen LogP contribution in [0.25, 0.3) is 190 Å². The molecule has 116 heavy (non-hydrogen) atoms. The van der Waals surface area contributed by atoms with Gasteiger partial charge in [-0.3, -0.25) is 4.57 Å². The third-order valence-corrected chi connectivity index (χ3v) is 21.8. The Morgan fingerprint density at radius 3 is 1.03 bits per heavy atom. The van der Waals surface area contributed by atoms with E-state index < -0.39 is 7.12 Å². The number of halogens is 1. The van der Waals surface area contributed by atoms with E-state index in [1.165, 1.54) is 32.6 Å². The molecule has 7 heterocycles. The van der Waals surface area contributed by atoms with Crippen molar-refractivity contribution in [2.45, 2.75) is 0 Å². The van der Waals surface area contributed by atoms with Crippen molar-refractivity contribution < 1.29 is 10.0 Å². The number of aromatic nitrogens is 11. The maximum Gasteiger partial charge on any atom is 0.488 e. The first-order chi connectivity index (χ1) is 57.3. The average Bonchev–Trinajstić information content (AvgIpc) is 1.60. The van der Waals surface area contributed by atoms with Gasteiger partial charge in [0.1, 0.15) is 5.65 Å². The predicted molar refractivity (Wildman–Crippen MR) is 477 cm³/mol. The Kier molecular flexibility index (Phi) is 18.4. The molecule has 0 spiro atoms. The summed E-state index contributed by atoms with van der Waals surface area (Å²) in [5.41, 5.74) is 21.5. The monoisotopic (exact) mass is 1560 g/mol. The number of hydrogen-bond acceptors (Lipinski definition) is 9. The molecule has 7 aromatic heterocycles. The molecular formula is C101H67BBrN11O2. The molecule has 0 bridgehead atoms. The SMILES string of the molecule is Brc1ccc2c3ccccc3n(-c3cccc(-c4nc(-c5ccccc5)nc(-c5ccccc5)n4)c3)c2c1.OB(O)c1ccc2c(c1)c1ccccc1n2-c1ccccc1.c1ccc(-c2nc(-c3ccccc3)nc(-c3cccc(-n4c5cc(-c6ccc7c(c6)c6ccccc6n7-c6ccccc6)ccc5c5cccnc54)c3)n2)cc1. The minimum atomic E-state index is -1.46. The van der Waals surface area contributed by atoms with Crippen LogP contribution in [-0.4, -0.2) is 70.3 Å². The topological polar surface area (TPSA) is 150 Å². The number of fused-ring (bicyclic) bond motifs is 12. The molecule has 0 radical (unpaired) electrons. The van der Waals surface area contributed by atoms with Gasteiger partial charge in [0.05, 0.1) is 38.6 Å². The summed E-state index contributed by atoms with van der Waals surface area (Å²) < 4.78 is 10.2. The van der Waals surface area contributed by atoms with E-state index in [4.69, 9.17) is 34.9 Å². The molecule has 0 amide bonds. The smallest absolute Gasteiger partial charge is 0.423 e. The molecule has 0 atom stereocenters. The fraction of sp³-hybridized carbons (Fsp3) is 0. The van der Waals surface area contributed by atoms with Gasteiger partial charge >= 0.3 is 7.12 Å². The second-order valence-electron chi connectivity index (χ2n) is 28.4. The summed E-state index contributed by atoms with van der Waals surface area (Å²) in [6, 6.07) is 133. The number of nitrogens with zero attached hydrogens (tertiary/aromatic N) is 11. The predicted octanol–water partition coefficient (Wildman–Crippen LogP) is 23.3. The van der Waals surface area contributed by atoms with Crippen molar-refractivity contribution in [3.8, 4) is 102 Å². The molecule has 0 aliphatic heterocycles. The first-order valence-corrected chi connectivity index (χ1v) is 39.1. The Morgan fingerprint density at radius 2 is 0.543 bits per heavy atom. The van der Waals surface area contributed by atoms with Crippen LogP contribution < -0.4 is 5.46 Å². The van der Waals surface area contributed by atoms with Gasteiger partial charge in [-0.15, -0.1) is 0 Å². The summed E-state index contributed by atoms with van der Waals surface area (Å²) in [5.74, 6) is 3.82. The highest BCUT2D eigenvalue weighted by Gasteiger charge is 2.23. The van der Waals surface area contributed by atoms with E-state index in [0.717, 1.165) is 127 Å². The minimum Gasteiger partial charge on any atom is -0.423 e. The van der Waals surface area contributed by atoms with E-state index in [0.29, 0.717) is 40.4 Å². The molecule has 13 nitrogen and oxygen atoms in total. The van der Waals surface area contributed by atoms with Crippen LogP contribution in [0.2, 0.25) is 0 Å². The van der Waals surface area contributed by atoms with Crippen molar-refractivity contribution in [3.63, 3.8) is 0 Å². The van der Waals surface area contributed by atoms with Crippen LogP contribution >= 0.6 is 15.9 Å². The molecular weight excluding hydrogens is 1490 g/mol. The lowest BCUT2D eigenvalue weighted by Crippen LogP contribution is -2.29. The van der Waals surface area contributed by atoms with Crippen molar-refractivity contribution in [2.24, 2.45) is 0 Å². The molecule has 0 fully saturated rings. The van der Waals surface area contributed by atoms with Crippen molar-refractivity contribution in [1.82, 2.24) is 53.2 Å². The zero-order chi connectivity index (χ0) is 77.6. The Balaban J connectivity index is 0.000000124. The van der Waals surface area contributed by atoms with Crippen LogP contribution in [-0.2, 0) is 0 Å². The molecule has 0 saturated heterocycles. The molecule has 22 aromatic rings. The maximum atomic E-state index is 9.43. The van der Waals surface area contributed by atoms with Crippen LogP contribution in [0.5, 0.6) is 0 Å². The quantitative estimate of drug-likeness (QED) is 0.114.